The van der Waals surface area contributed by atoms with E-state index in [0.717, 1.165) is 18.4 Å². The zero-order valence-electron chi connectivity index (χ0n) is 14.0. The Balaban J connectivity index is 1.57. The van der Waals surface area contributed by atoms with Crippen molar-refractivity contribution in [3.63, 3.8) is 0 Å². The molecule has 8 nitrogen and oxygen atoms in total. The topological polar surface area (TPSA) is 98.5 Å². The number of hydrogen-bond acceptors (Lipinski definition) is 6. The van der Waals surface area contributed by atoms with Crippen LogP contribution < -0.4 is 4.74 Å². The summed E-state index contributed by atoms with van der Waals surface area (Å²) in [5.41, 5.74) is 0.749. The summed E-state index contributed by atoms with van der Waals surface area (Å²) in [6.07, 6.45) is 7.90. The molecule has 2 aromatic rings. The molecule has 1 aromatic heterocycles. The number of nitro benzene ring substituents is 1. The minimum atomic E-state index is -0.455. The monoisotopic (exact) mass is 354 g/mol. The van der Waals surface area contributed by atoms with Crippen LogP contribution in [0.25, 0.3) is 6.08 Å². The summed E-state index contributed by atoms with van der Waals surface area (Å²) in [5, 5.41) is 10.7. The number of nitro groups is 1. The van der Waals surface area contributed by atoms with E-state index in [1.54, 1.807) is 41.6 Å². The number of non-ortho nitro benzene ring substituents is 1. The minimum Gasteiger partial charge on any atom is -0.458 e. The molecule has 3 rings (SSSR count). The molecule has 1 amide bonds. The Hall–Kier alpha value is -3.29. The maximum atomic E-state index is 12.4. The molecule has 2 heterocycles. The summed E-state index contributed by atoms with van der Waals surface area (Å²) >= 11 is 0. The smallest absolute Gasteiger partial charge is 0.316 e. The molecule has 0 bridgehead atoms. The Labute approximate surface area is 150 Å². The number of ether oxygens (including phenoxy) is 1. The van der Waals surface area contributed by atoms with Crippen LogP contribution in [-0.4, -0.2) is 44.9 Å². The largest absolute Gasteiger partial charge is 0.458 e. The van der Waals surface area contributed by atoms with Crippen molar-refractivity contribution >= 4 is 17.7 Å². The number of likely N-dealkylation sites (tertiary alicyclic amines) is 1. The summed E-state index contributed by atoms with van der Waals surface area (Å²) in [6, 6.07) is 8.07. The maximum Gasteiger partial charge on any atom is 0.316 e. The highest BCUT2D eigenvalue weighted by Crippen LogP contribution is 2.16. The van der Waals surface area contributed by atoms with Crippen LogP contribution in [0.2, 0.25) is 0 Å². The predicted octanol–water partition coefficient (Wildman–Crippen LogP) is 2.47. The number of rotatable bonds is 5. The Morgan fingerprint density at radius 3 is 2.69 bits per heavy atom. The molecule has 0 saturated carbocycles. The molecule has 0 spiro atoms. The van der Waals surface area contributed by atoms with Gasteiger partial charge in [0.1, 0.15) is 6.10 Å². The molecule has 1 unspecified atom stereocenters. The Kier molecular flexibility index (Phi) is 5.52. The third-order valence-corrected chi connectivity index (χ3v) is 4.03. The zero-order chi connectivity index (χ0) is 18.4. The van der Waals surface area contributed by atoms with E-state index in [2.05, 4.69) is 9.97 Å². The van der Waals surface area contributed by atoms with Crippen molar-refractivity contribution in [2.45, 2.75) is 18.9 Å². The SMILES string of the molecule is O=C(/C=C/c1ccc([N+](=O)[O-])cc1)N1CCCC(Oc2ncccn2)C1. The van der Waals surface area contributed by atoms with Crippen molar-refractivity contribution in [1.29, 1.82) is 0 Å². The van der Waals surface area contributed by atoms with Gasteiger partial charge in [0, 0.05) is 37.1 Å². The Bertz CT molecular complexity index is 793. The first kappa shape index (κ1) is 17.5. The van der Waals surface area contributed by atoms with E-state index in [1.165, 1.54) is 18.2 Å². The van der Waals surface area contributed by atoms with Crippen molar-refractivity contribution in [2.24, 2.45) is 0 Å². The second-order valence-electron chi connectivity index (χ2n) is 5.88. The molecule has 1 saturated heterocycles. The lowest BCUT2D eigenvalue weighted by molar-refractivity contribution is -0.384. The van der Waals surface area contributed by atoms with E-state index < -0.39 is 4.92 Å². The van der Waals surface area contributed by atoms with Gasteiger partial charge in [0.25, 0.3) is 5.69 Å². The normalized spacial score (nSPS) is 17.2. The first-order chi connectivity index (χ1) is 12.6. The van der Waals surface area contributed by atoms with Gasteiger partial charge in [-0.1, -0.05) is 0 Å². The predicted molar refractivity (Wildman–Crippen MR) is 94.4 cm³/mol. The zero-order valence-corrected chi connectivity index (χ0v) is 14.0. The fourth-order valence-electron chi connectivity index (χ4n) is 2.71. The van der Waals surface area contributed by atoms with Crippen molar-refractivity contribution in [3.05, 3.63) is 64.5 Å². The van der Waals surface area contributed by atoms with Crippen molar-refractivity contribution in [2.75, 3.05) is 13.1 Å². The second kappa shape index (κ2) is 8.19. The summed E-state index contributed by atoms with van der Waals surface area (Å²) in [7, 11) is 0. The second-order valence-corrected chi connectivity index (χ2v) is 5.88. The van der Waals surface area contributed by atoms with Gasteiger partial charge in [-0.25, -0.2) is 9.97 Å². The number of piperidine rings is 1. The van der Waals surface area contributed by atoms with Crippen LogP contribution in [0, 0.1) is 10.1 Å². The Morgan fingerprint density at radius 1 is 1.27 bits per heavy atom. The van der Waals surface area contributed by atoms with E-state index in [0.29, 0.717) is 19.1 Å². The highest BCUT2D eigenvalue weighted by Gasteiger charge is 2.24. The Morgan fingerprint density at radius 2 is 2.00 bits per heavy atom. The van der Waals surface area contributed by atoms with Gasteiger partial charge >= 0.3 is 6.01 Å². The van der Waals surface area contributed by atoms with Crippen LogP contribution in [0.1, 0.15) is 18.4 Å². The van der Waals surface area contributed by atoms with Gasteiger partial charge in [-0.15, -0.1) is 0 Å². The van der Waals surface area contributed by atoms with Gasteiger partial charge in [-0.05, 0) is 42.7 Å². The number of nitrogens with zero attached hydrogens (tertiary/aromatic N) is 4. The van der Waals surface area contributed by atoms with Gasteiger partial charge < -0.3 is 9.64 Å². The average molecular weight is 354 g/mol. The lowest BCUT2D eigenvalue weighted by atomic mass is 10.1. The van der Waals surface area contributed by atoms with E-state index in [4.69, 9.17) is 4.74 Å². The van der Waals surface area contributed by atoms with E-state index >= 15 is 0 Å². The standard InChI is InChI=1S/C18H18N4O4/c23-17(9-6-14-4-7-15(8-5-14)22(24)25)21-12-1-3-16(13-21)26-18-19-10-2-11-20-18/h2,4-11,16H,1,3,12-13H2/b9-6+. The fraction of sp³-hybridized carbons (Fsp3) is 0.278. The van der Waals surface area contributed by atoms with Gasteiger partial charge in [0.2, 0.25) is 5.91 Å². The van der Waals surface area contributed by atoms with Crippen molar-refractivity contribution in [1.82, 2.24) is 14.9 Å². The molecule has 0 N–H and O–H groups in total. The number of hydrogen-bond donors (Lipinski definition) is 0. The molecule has 1 aliphatic heterocycles. The van der Waals surface area contributed by atoms with Gasteiger partial charge in [0.05, 0.1) is 11.5 Å². The third-order valence-electron chi connectivity index (χ3n) is 4.03. The minimum absolute atomic E-state index is 0.0210. The summed E-state index contributed by atoms with van der Waals surface area (Å²) in [6.45, 7) is 1.14. The highest BCUT2D eigenvalue weighted by molar-refractivity contribution is 5.91. The molecular formula is C18H18N4O4. The first-order valence-corrected chi connectivity index (χ1v) is 8.27. The number of amides is 1. The maximum absolute atomic E-state index is 12.4. The van der Waals surface area contributed by atoms with Crippen LogP contribution >= 0.6 is 0 Å². The van der Waals surface area contributed by atoms with Gasteiger partial charge in [-0.3, -0.25) is 14.9 Å². The number of carbonyl (C=O) groups is 1. The quantitative estimate of drug-likeness (QED) is 0.465. The van der Waals surface area contributed by atoms with E-state index in [1.807, 2.05) is 0 Å². The average Bonchev–Trinajstić information content (AvgIpc) is 2.67. The summed E-state index contributed by atoms with van der Waals surface area (Å²) in [4.78, 5) is 32.4. The van der Waals surface area contributed by atoms with Crippen LogP contribution in [0.5, 0.6) is 6.01 Å². The highest BCUT2D eigenvalue weighted by atomic mass is 16.6. The van der Waals surface area contributed by atoms with Crippen LogP contribution in [-0.2, 0) is 4.79 Å². The molecule has 0 radical (unpaired) electrons. The van der Waals surface area contributed by atoms with Crippen LogP contribution in [0.15, 0.2) is 48.8 Å². The van der Waals surface area contributed by atoms with E-state index in [9.17, 15) is 14.9 Å². The summed E-state index contributed by atoms with van der Waals surface area (Å²) in [5.74, 6) is -0.120. The number of benzene rings is 1. The lowest BCUT2D eigenvalue weighted by Gasteiger charge is -2.31. The van der Waals surface area contributed by atoms with Crippen molar-refractivity contribution < 1.29 is 14.5 Å². The molecule has 134 valence electrons. The molecule has 0 aliphatic carbocycles. The van der Waals surface area contributed by atoms with E-state index in [-0.39, 0.29) is 17.7 Å². The first-order valence-electron chi connectivity index (χ1n) is 8.27. The molecule has 8 heteroatoms. The molecule has 1 aliphatic rings. The molecule has 1 aromatic carbocycles. The third kappa shape index (κ3) is 4.62. The fourth-order valence-corrected chi connectivity index (χ4v) is 2.71. The van der Waals surface area contributed by atoms with Crippen LogP contribution in [0.4, 0.5) is 5.69 Å². The number of aromatic nitrogens is 2. The molecular weight excluding hydrogens is 336 g/mol. The molecule has 1 atom stereocenters. The lowest BCUT2D eigenvalue weighted by Crippen LogP contribution is -2.43. The number of carbonyl (C=O) groups excluding carboxylic acids is 1. The van der Waals surface area contributed by atoms with Gasteiger partial charge in [0.15, 0.2) is 0 Å². The molecule has 1 fully saturated rings. The summed E-state index contributed by atoms with van der Waals surface area (Å²) < 4.78 is 5.73. The van der Waals surface area contributed by atoms with Crippen molar-refractivity contribution in [3.8, 4) is 6.01 Å². The van der Waals surface area contributed by atoms with Gasteiger partial charge in [-0.2, -0.15) is 0 Å². The van der Waals surface area contributed by atoms with Crippen LogP contribution in [0.3, 0.4) is 0 Å². The molecule has 26 heavy (non-hydrogen) atoms.